The highest BCUT2D eigenvalue weighted by Gasteiger charge is 2.31. The van der Waals surface area contributed by atoms with Gasteiger partial charge >= 0.3 is 6.18 Å². The minimum absolute atomic E-state index is 0.0720. The summed E-state index contributed by atoms with van der Waals surface area (Å²) >= 11 is 1.05. The van der Waals surface area contributed by atoms with E-state index in [2.05, 4.69) is 42.3 Å². The highest BCUT2D eigenvalue weighted by Crippen LogP contribution is 2.34. The van der Waals surface area contributed by atoms with Crippen LogP contribution in [0.3, 0.4) is 0 Å². The van der Waals surface area contributed by atoms with E-state index in [-0.39, 0.29) is 23.9 Å². The Labute approximate surface area is 273 Å². The number of hydrogen-bond donors (Lipinski definition) is 4. The third-order valence-electron chi connectivity index (χ3n) is 8.99. The Kier molecular flexibility index (Phi) is 9.26. The van der Waals surface area contributed by atoms with Gasteiger partial charge in [-0.15, -0.1) is 11.3 Å². The molecule has 0 amide bonds. The molecule has 4 aromatic heterocycles. The fraction of sp³-hybridized carbons (Fsp3) is 0.455. The van der Waals surface area contributed by atoms with E-state index in [0.717, 1.165) is 77.4 Å². The molecule has 1 aromatic carbocycles. The summed E-state index contributed by atoms with van der Waals surface area (Å²) in [5, 5.41) is 36.4. The summed E-state index contributed by atoms with van der Waals surface area (Å²) in [6.07, 6.45) is 0.367. The smallest absolute Gasteiger partial charge is 0.393 e. The lowest BCUT2D eigenvalue weighted by Crippen LogP contribution is -2.39. The van der Waals surface area contributed by atoms with Crippen molar-refractivity contribution in [3.8, 4) is 6.07 Å². The Hall–Kier alpha value is -4.03. The van der Waals surface area contributed by atoms with E-state index >= 15 is 0 Å². The molecule has 0 radical (unpaired) electrons. The predicted octanol–water partition coefficient (Wildman–Crippen LogP) is 5.40. The minimum Gasteiger partial charge on any atom is -0.393 e. The van der Waals surface area contributed by atoms with E-state index in [1.165, 1.54) is 6.33 Å². The summed E-state index contributed by atoms with van der Waals surface area (Å²) < 4.78 is 40.6. The molecule has 0 spiro atoms. The van der Waals surface area contributed by atoms with Gasteiger partial charge in [0.15, 0.2) is 0 Å². The molecule has 1 aliphatic rings. The molecule has 6 rings (SSSR count). The molecule has 0 saturated carbocycles. The van der Waals surface area contributed by atoms with Crippen molar-refractivity contribution in [2.45, 2.75) is 76.9 Å². The van der Waals surface area contributed by atoms with E-state index in [1.54, 1.807) is 16.8 Å². The van der Waals surface area contributed by atoms with Gasteiger partial charge in [-0.25, -0.2) is 15.0 Å². The second-order valence-electron chi connectivity index (χ2n) is 12.5. The van der Waals surface area contributed by atoms with Gasteiger partial charge in [-0.1, -0.05) is 6.07 Å². The first kappa shape index (κ1) is 32.9. The maximum absolute atomic E-state index is 12.9. The average molecular weight is 667 g/mol. The lowest BCUT2D eigenvalue weighted by Gasteiger charge is -2.33. The Morgan fingerprint density at radius 1 is 1.15 bits per heavy atom. The maximum atomic E-state index is 12.9. The summed E-state index contributed by atoms with van der Waals surface area (Å²) in [5.74, 6) is 1.31. The lowest BCUT2D eigenvalue weighted by atomic mass is 9.97. The van der Waals surface area contributed by atoms with Crippen molar-refractivity contribution in [1.29, 1.82) is 5.26 Å². The number of aromatic nitrogens is 5. The first-order chi connectivity index (χ1) is 22.4. The zero-order valence-corrected chi connectivity index (χ0v) is 27.0. The Morgan fingerprint density at radius 3 is 2.62 bits per heavy atom. The van der Waals surface area contributed by atoms with E-state index in [4.69, 9.17) is 0 Å². The quantitative estimate of drug-likeness (QED) is 0.147. The number of nitriles is 1. The summed E-state index contributed by atoms with van der Waals surface area (Å²) in [6, 6.07) is 9.83. The standard InChI is InChI=1S/C33H37F3N8O2S/c1-20-15-38-29(41-20)5-8-32(46,18-45)17-44-24(14-37)11-26-21(2)22(3-4-28(26)44)16-43-9-6-23(7-10-43)42-30-27-12-25(13-33(34,35)36)47-31(27)40-19-39-30/h3-4,11-12,15,19,23,45-46H,5-10,13,16-18H2,1-2H3,(H,38,41)(H,39,40,42). The Morgan fingerprint density at radius 2 is 1.94 bits per heavy atom. The van der Waals surface area contributed by atoms with Crippen LogP contribution < -0.4 is 5.32 Å². The Bertz CT molecular complexity index is 1920. The summed E-state index contributed by atoms with van der Waals surface area (Å²) in [5.41, 5.74) is 2.87. The van der Waals surface area contributed by atoms with Gasteiger partial charge in [0.05, 0.1) is 30.7 Å². The molecule has 14 heteroatoms. The van der Waals surface area contributed by atoms with Crippen LogP contribution in [0.15, 0.2) is 36.8 Å². The number of rotatable bonds is 11. The average Bonchev–Trinajstić information content (AvgIpc) is 3.74. The number of piperidine rings is 1. The van der Waals surface area contributed by atoms with Gasteiger partial charge < -0.3 is 25.1 Å². The highest BCUT2D eigenvalue weighted by atomic mass is 32.1. The third kappa shape index (κ3) is 7.43. The predicted molar refractivity (Wildman–Crippen MR) is 174 cm³/mol. The number of fused-ring (bicyclic) bond motifs is 2. The number of likely N-dealkylation sites (tertiary alicyclic amines) is 1. The topological polar surface area (TPSA) is 139 Å². The number of nitrogens with one attached hydrogen (secondary N) is 2. The second-order valence-corrected chi connectivity index (χ2v) is 13.6. The van der Waals surface area contributed by atoms with Crippen LogP contribution in [0.4, 0.5) is 19.0 Å². The van der Waals surface area contributed by atoms with Crippen molar-refractivity contribution >= 4 is 38.3 Å². The number of aromatic amines is 1. The van der Waals surface area contributed by atoms with Crippen molar-refractivity contribution in [1.82, 2.24) is 29.4 Å². The number of halogens is 3. The Balaban J connectivity index is 1.11. The first-order valence-corrected chi connectivity index (χ1v) is 16.4. The van der Waals surface area contributed by atoms with Crippen molar-refractivity contribution < 1.29 is 23.4 Å². The number of imidazole rings is 1. The molecule has 1 fully saturated rings. The number of aliphatic hydroxyl groups is 2. The van der Waals surface area contributed by atoms with E-state index in [1.807, 2.05) is 26.0 Å². The summed E-state index contributed by atoms with van der Waals surface area (Å²) in [6.45, 7) is 5.94. The number of aliphatic hydroxyl groups excluding tert-OH is 1. The van der Waals surface area contributed by atoms with Crippen molar-refractivity contribution in [2.75, 3.05) is 25.0 Å². The number of H-pyrrole nitrogens is 1. The number of thiophene rings is 1. The van der Waals surface area contributed by atoms with Crippen LogP contribution >= 0.6 is 11.3 Å². The molecular weight excluding hydrogens is 629 g/mol. The molecule has 1 saturated heterocycles. The van der Waals surface area contributed by atoms with E-state index < -0.39 is 24.8 Å². The fourth-order valence-corrected chi connectivity index (χ4v) is 7.40. The maximum Gasteiger partial charge on any atom is 0.393 e. The monoisotopic (exact) mass is 666 g/mol. The van der Waals surface area contributed by atoms with Crippen molar-refractivity contribution in [3.63, 3.8) is 0 Å². The van der Waals surface area contributed by atoms with Gasteiger partial charge in [-0.2, -0.15) is 18.4 Å². The SMILES string of the molecule is Cc1c[nH]c(CCC(O)(CO)Cn2c(C#N)cc3c(C)c(CN4CCC(Nc5ncnc6sc(CC(F)(F)F)cc56)CC4)ccc32)n1. The lowest BCUT2D eigenvalue weighted by molar-refractivity contribution is -0.126. The number of hydrogen-bond acceptors (Lipinski definition) is 9. The number of anilines is 1. The molecule has 1 atom stereocenters. The molecule has 1 unspecified atom stereocenters. The molecular formula is C33H37F3N8O2S. The molecule has 1 aliphatic heterocycles. The van der Waals surface area contributed by atoms with Crippen molar-refractivity contribution in [3.05, 3.63) is 70.0 Å². The fourth-order valence-electron chi connectivity index (χ4n) is 6.38. The second kappa shape index (κ2) is 13.2. The summed E-state index contributed by atoms with van der Waals surface area (Å²) in [7, 11) is 0. The molecule has 10 nitrogen and oxygen atoms in total. The van der Waals surface area contributed by atoms with Crippen molar-refractivity contribution in [2.24, 2.45) is 0 Å². The van der Waals surface area contributed by atoms with Crippen LogP contribution in [0.2, 0.25) is 0 Å². The van der Waals surface area contributed by atoms with E-state index in [9.17, 15) is 28.6 Å². The third-order valence-corrected chi connectivity index (χ3v) is 10.0. The van der Waals surface area contributed by atoms with Gasteiger partial charge in [-0.05, 0) is 62.4 Å². The highest BCUT2D eigenvalue weighted by molar-refractivity contribution is 7.18. The van der Waals surface area contributed by atoms with Crippen LogP contribution in [0.25, 0.3) is 21.1 Å². The van der Waals surface area contributed by atoms with Gasteiger partial charge in [-0.3, -0.25) is 4.90 Å². The van der Waals surface area contributed by atoms with Crippen LogP contribution in [-0.2, 0) is 25.9 Å². The van der Waals surface area contributed by atoms with E-state index in [0.29, 0.717) is 28.1 Å². The molecule has 248 valence electrons. The molecule has 5 heterocycles. The summed E-state index contributed by atoms with van der Waals surface area (Å²) in [4.78, 5) is 19.1. The molecule has 4 N–H and O–H groups in total. The molecule has 5 aromatic rings. The molecule has 0 bridgehead atoms. The zero-order chi connectivity index (χ0) is 33.3. The number of aryl methyl sites for hydroxylation is 3. The van der Waals surface area contributed by atoms with Crippen LogP contribution in [-0.4, -0.2) is 77.1 Å². The zero-order valence-electron chi connectivity index (χ0n) is 26.2. The molecule has 0 aliphatic carbocycles. The first-order valence-electron chi connectivity index (χ1n) is 15.6. The molecule has 47 heavy (non-hydrogen) atoms. The van der Waals surface area contributed by atoms with Crippen LogP contribution in [0.1, 0.15) is 52.5 Å². The number of alkyl halides is 3. The van der Waals surface area contributed by atoms with Gasteiger partial charge in [0.2, 0.25) is 0 Å². The number of nitrogens with zero attached hydrogens (tertiary/aromatic N) is 6. The van der Waals surface area contributed by atoms with Gasteiger partial charge in [0, 0.05) is 54.1 Å². The van der Waals surface area contributed by atoms with Gasteiger partial charge in [0.25, 0.3) is 0 Å². The van der Waals surface area contributed by atoms with Gasteiger partial charge in [0.1, 0.15) is 40.2 Å². The van der Waals surface area contributed by atoms with Crippen LogP contribution in [0.5, 0.6) is 0 Å². The number of benzene rings is 1. The largest absolute Gasteiger partial charge is 0.393 e. The minimum atomic E-state index is -4.27. The van der Waals surface area contributed by atoms with Crippen LogP contribution in [0, 0.1) is 25.2 Å². The normalized spacial score (nSPS) is 16.1.